The first-order chi connectivity index (χ1) is 11.9. The molecule has 1 aliphatic carbocycles. The number of halogens is 3. The molecule has 0 unspecified atom stereocenters. The van der Waals surface area contributed by atoms with Gasteiger partial charge in [-0.3, -0.25) is 0 Å². The second kappa shape index (κ2) is 6.59. The molecule has 0 amide bonds. The van der Waals surface area contributed by atoms with E-state index in [1.807, 2.05) is 24.3 Å². The number of benzene rings is 2. The van der Waals surface area contributed by atoms with Crippen LogP contribution in [-0.2, 0) is 6.18 Å². The average Bonchev–Trinajstić information content (AvgIpc) is 2.61. The van der Waals surface area contributed by atoms with E-state index in [1.165, 1.54) is 18.3 Å². The number of hydrogen-bond donors (Lipinski definition) is 2. The molecule has 0 heterocycles. The molecule has 3 rings (SSSR count). The first kappa shape index (κ1) is 17.0. The van der Waals surface area contributed by atoms with Crippen molar-refractivity contribution < 1.29 is 13.2 Å². The molecule has 0 radical (unpaired) electrons. The standard InChI is InChI=1S/C20H17F3N2/c21-20(22,23)16-5-3-4-13(11-16)17-6-1-2-7-18(17)14-8-9-19(25)15(10-14)12-24/h1,3-6,8-12,24H,2,7,25H2. The molecule has 0 spiro atoms. The Bertz CT molecular complexity index is 877. The van der Waals surface area contributed by atoms with Crippen molar-refractivity contribution in [3.8, 4) is 0 Å². The van der Waals surface area contributed by atoms with Crippen molar-refractivity contribution in [1.29, 1.82) is 5.41 Å². The largest absolute Gasteiger partial charge is 0.416 e. The maximum atomic E-state index is 13.0. The van der Waals surface area contributed by atoms with Crippen LogP contribution in [-0.4, -0.2) is 6.21 Å². The van der Waals surface area contributed by atoms with Gasteiger partial charge < -0.3 is 11.1 Å². The zero-order valence-electron chi connectivity index (χ0n) is 13.4. The second-order valence-electron chi connectivity index (χ2n) is 5.90. The molecular formula is C20H17F3N2. The van der Waals surface area contributed by atoms with E-state index < -0.39 is 11.7 Å². The van der Waals surface area contributed by atoms with Gasteiger partial charge in [-0.15, -0.1) is 0 Å². The molecule has 0 saturated heterocycles. The van der Waals surface area contributed by atoms with Crippen LogP contribution in [0.15, 0.2) is 54.6 Å². The van der Waals surface area contributed by atoms with E-state index in [1.54, 1.807) is 12.1 Å². The molecule has 25 heavy (non-hydrogen) atoms. The smallest absolute Gasteiger partial charge is 0.398 e. The Morgan fingerprint density at radius 1 is 1.04 bits per heavy atom. The summed E-state index contributed by atoms with van der Waals surface area (Å²) >= 11 is 0. The maximum Gasteiger partial charge on any atom is 0.416 e. The van der Waals surface area contributed by atoms with Gasteiger partial charge in [-0.25, -0.2) is 0 Å². The van der Waals surface area contributed by atoms with E-state index >= 15 is 0 Å². The van der Waals surface area contributed by atoms with Crippen molar-refractivity contribution in [2.75, 3.05) is 5.73 Å². The lowest BCUT2D eigenvalue weighted by Gasteiger charge is -2.19. The van der Waals surface area contributed by atoms with Gasteiger partial charge >= 0.3 is 6.18 Å². The molecule has 0 saturated carbocycles. The van der Waals surface area contributed by atoms with Crippen LogP contribution < -0.4 is 5.73 Å². The predicted octanol–water partition coefficient (Wildman–Crippen LogP) is 5.55. The van der Waals surface area contributed by atoms with Crippen LogP contribution in [0.25, 0.3) is 11.1 Å². The molecule has 0 aliphatic heterocycles. The first-order valence-electron chi connectivity index (χ1n) is 7.88. The summed E-state index contributed by atoms with van der Waals surface area (Å²) in [5.41, 5.74) is 9.44. The Morgan fingerprint density at radius 3 is 2.56 bits per heavy atom. The van der Waals surface area contributed by atoms with Crippen LogP contribution in [0.2, 0.25) is 0 Å². The Balaban J connectivity index is 2.15. The van der Waals surface area contributed by atoms with Gasteiger partial charge in [0.2, 0.25) is 0 Å². The van der Waals surface area contributed by atoms with Gasteiger partial charge in [0.05, 0.1) is 5.56 Å². The number of anilines is 1. The quantitative estimate of drug-likeness (QED) is 0.558. The highest BCUT2D eigenvalue weighted by Crippen LogP contribution is 2.37. The van der Waals surface area contributed by atoms with Crippen LogP contribution in [0, 0.1) is 5.41 Å². The summed E-state index contributed by atoms with van der Waals surface area (Å²) < 4.78 is 39.1. The lowest BCUT2D eigenvalue weighted by molar-refractivity contribution is -0.137. The number of nitrogens with two attached hydrogens (primary N) is 1. The van der Waals surface area contributed by atoms with Gasteiger partial charge in [0.15, 0.2) is 0 Å². The van der Waals surface area contributed by atoms with E-state index in [0.29, 0.717) is 16.8 Å². The van der Waals surface area contributed by atoms with Gasteiger partial charge in [-0.2, -0.15) is 13.2 Å². The van der Waals surface area contributed by atoms with Crippen molar-refractivity contribution >= 4 is 23.0 Å². The summed E-state index contributed by atoms with van der Waals surface area (Å²) in [6, 6.07) is 10.8. The second-order valence-corrected chi connectivity index (χ2v) is 5.90. The van der Waals surface area contributed by atoms with Gasteiger partial charge in [0.1, 0.15) is 0 Å². The molecule has 3 N–H and O–H groups in total. The summed E-state index contributed by atoms with van der Waals surface area (Å²) in [5.74, 6) is 0. The van der Waals surface area contributed by atoms with Crippen LogP contribution in [0.4, 0.5) is 18.9 Å². The molecule has 0 fully saturated rings. The molecule has 128 valence electrons. The van der Waals surface area contributed by atoms with Crippen LogP contribution >= 0.6 is 0 Å². The molecule has 0 bridgehead atoms. The van der Waals surface area contributed by atoms with Crippen LogP contribution in [0.5, 0.6) is 0 Å². The van der Waals surface area contributed by atoms with Crippen LogP contribution in [0.3, 0.4) is 0 Å². The minimum absolute atomic E-state index is 0.506. The summed E-state index contributed by atoms with van der Waals surface area (Å²) in [7, 11) is 0. The van der Waals surface area contributed by atoms with Crippen molar-refractivity contribution in [3.05, 3.63) is 76.9 Å². The van der Waals surface area contributed by atoms with Crippen molar-refractivity contribution in [1.82, 2.24) is 0 Å². The topological polar surface area (TPSA) is 49.9 Å². The predicted molar refractivity (Wildman–Crippen MR) is 95.4 cm³/mol. The molecule has 2 nitrogen and oxygen atoms in total. The number of hydrogen-bond acceptors (Lipinski definition) is 2. The summed E-state index contributed by atoms with van der Waals surface area (Å²) in [5, 5.41) is 7.45. The minimum Gasteiger partial charge on any atom is -0.398 e. The normalized spacial score (nSPS) is 14.7. The third-order valence-corrected chi connectivity index (χ3v) is 4.26. The monoisotopic (exact) mass is 342 g/mol. The molecule has 2 aromatic carbocycles. The average molecular weight is 342 g/mol. The molecule has 0 atom stereocenters. The lowest BCUT2D eigenvalue weighted by Crippen LogP contribution is -2.05. The zero-order chi connectivity index (χ0) is 18.0. The van der Waals surface area contributed by atoms with Gasteiger partial charge in [0.25, 0.3) is 0 Å². The Hall–Kier alpha value is -2.82. The van der Waals surface area contributed by atoms with E-state index in [4.69, 9.17) is 11.1 Å². The van der Waals surface area contributed by atoms with Gasteiger partial charge in [-0.1, -0.05) is 30.4 Å². The lowest BCUT2D eigenvalue weighted by atomic mass is 9.87. The Labute approximate surface area is 144 Å². The highest BCUT2D eigenvalue weighted by Gasteiger charge is 2.30. The number of alkyl halides is 3. The van der Waals surface area contributed by atoms with Crippen molar-refractivity contribution in [2.24, 2.45) is 0 Å². The van der Waals surface area contributed by atoms with Crippen molar-refractivity contribution in [2.45, 2.75) is 19.0 Å². The fourth-order valence-corrected chi connectivity index (χ4v) is 2.98. The zero-order valence-corrected chi connectivity index (χ0v) is 13.4. The van der Waals surface area contributed by atoms with E-state index in [0.717, 1.165) is 35.6 Å². The molecule has 5 heteroatoms. The number of allylic oxidation sites excluding steroid dienone is 4. The molecule has 0 aromatic heterocycles. The third kappa shape index (κ3) is 3.50. The van der Waals surface area contributed by atoms with E-state index in [9.17, 15) is 13.2 Å². The summed E-state index contributed by atoms with van der Waals surface area (Å²) in [6.45, 7) is 0. The number of nitrogens with one attached hydrogen (secondary N) is 1. The Morgan fingerprint density at radius 2 is 1.84 bits per heavy atom. The minimum atomic E-state index is -4.37. The fraction of sp³-hybridized carbons (Fsp3) is 0.150. The van der Waals surface area contributed by atoms with E-state index in [-0.39, 0.29) is 0 Å². The fourth-order valence-electron chi connectivity index (χ4n) is 2.98. The SMILES string of the molecule is N=Cc1cc(C2=C(c3cccc(C(F)(F)F)c3)C=CCC2)ccc1N. The summed E-state index contributed by atoms with van der Waals surface area (Å²) in [4.78, 5) is 0. The number of rotatable bonds is 3. The molecule has 2 aromatic rings. The van der Waals surface area contributed by atoms with Gasteiger partial charge in [0, 0.05) is 17.5 Å². The first-order valence-corrected chi connectivity index (χ1v) is 7.88. The highest BCUT2D eigenvalue weighted by molar-refractivity contribution is 5.98. The maximum absolute atomic E-state index is 13.0. The summed E-state index contributed by atoms with van der Waals surface area (Å²) in [6.07, 6.45) is 2.19. The molecular weight excluding hydrogens is 325 g/mol. The third-order valence-electron chi connectivity index (χ3n) is 4.26. The Kier molecular flexibility index (Phi) is 4.49. The highest BCUT2D eigenvalue weighted by atomic mass is 19.4. The van der Waals surface area contributed by atoms with Gasteiger partial charge in [-0.05, 0) is 59.4 Å². The van der Waals surface area contributed by atoms with E-state index in [2.05, 4.69) is 0 Å². The van der Waals surface area contributed by atoms with Crippen LogP contribution in [0.1, 0.15) is 35.1 Å². The number of nitrogen functional groups attached to an aromatic ring is 1. The van der Waals surface area contributed by atoms with Crippen molar-refractivity contribution in [3.63, 3.8) is 0 Å². The molecule has 1 aliphatic rings.